The van der Waals surface area contributed by atoms with Crippen molar-refractivity contribution in [3.8, 4) is 0 Å². The lowest BCUT2D eigenvalue weighted by atomic mass is 9.92. The minimum absolute atomic E-state index is 0.207. The molecule has 0 unspecified atom stereocenters. The molecule has 1 aromatic carbocycles. The molecule has 1 saturated heterocycles. The van der Waals surface area contributed by atoms with Crippen LogP contribution in [0.4, 0.5) is 0 Å². The van der Waals surface area contributed by atoms with Gasteiger partial charge in [-0.25, -0.2) is 13.1 Å². The van der Waals surface area contributed by atoms with Gasteiger partial charge in [0.1, 0.15) is 0 Å². The average molecular weight is 345 g/mol. The number of benzene rings is 1. The van der Waals surface area contributed by atoms with Crippen molar-refractivity contribution in [3.05, 3.63) is 28.8 Å². The van der Waals surface area contributed by atoms with Crippen molar-refractivity contribution >= 4 is 21.6 Å². The minimum atomic E-state index is -3.60. The van der Waals surface area contributed by atoms with Crippen molar-refractivity contribution in [2.24, 2.45) is 5.92 Å². The van der Waals surface area contributed by atoms with Gasteiger partial charge in [0.15, 0.2) is 0 Å². The standard InChI is InChI=1S/C15H21ClN2O3S/c1-21-9-11-5-13(16)7-14(6-11)22(19,20)18-15-4-2-3-12(15)8-17-10-15/h5-7,12,17-18H,2-4,8-10H2,1H3/t12-,15-/m0/s1. The summed E-state index contributed by atoms with van der Waals surface area (Å²) in [5.41, 5.74) is 0.406. The van der Waals surface area contributed by atoms with Crippen LogP contribution in [0.15, 0.2) is 23.1 Å². The van der Waals surface area contributed by atoms with Gasteiger partial charge in [0.05, 0.1) is 11.5 Å². The van der Waals surface area contributed by atoms with E-state index in [0.29, 0.717) is 24.1 Å². The number of halogens is 1. The van der Waals surface area contributed by atoms with E-state index in [1.54, 1.807) is 19.2 Å². The number of nitrogens with one attached hydrogen (secondary N) is 2. The first-order chi connectivity index (χ1) is 10.5. The zero-order chi connectivity index (χ0) is 15.8. The zero-order valence-electron chi connectivity index (χ0n) is 12.6. The second kappa shape index (κ2) is 6.09. The lowest BCUT2D eigenvalue weighted by Crippen LogP contribution is -2.51. The SMILES string of the molecule is COCc1cc(Cl)cc(S(=O)(=O)N[C@]23CCC[C@H]2CNC3)c1. The van der Waals surface area contributed by atoms with E-state index >= 15 is 0 Å². The molecule has 0 bridgehead atoms. The first-order valence-electron chi connectivity index (χ1n) is 7.48. The molecule has 2 aliphatic rings. The second-order valence-electron chi connectivity index (χ2n) is 6.21. The van der Waals surface area contributed by atoms with E-state index in [1.807, 2.05) is 0 Å². The van der Waals surface area contributed by atoms with Crippen LogP contribution >= 0.6 is 11.6 Å². The van der Waals surface area contributed by atoms with Gasteiger partial charge in [-0.1, -0.05) is 18.0 Å². The van der Waals surface area contributed by atoms with Crippen LogP contribution < -0.4 is 10.0 Å². The normalized spacial score (nSPS) is 28.0. The molecule has 1 aliphatic heterocycles. The number of fused-ring (bicyclic) bond motifs is 1. The Balaban J connectivity index is 1.90. The molecule has 2 fully saturated rings. The first-order valence-corrected chi connectivity index (χ1v) is 9.34. The molecular formula is C15H21ClN2O3S. The van der Waals surface area contributed by atoms with Crippen LogP contribution in [0.1, 0.15) is 24.8 Å². The van der Waals surface area contributed by atoms with Gasteiger partial charge in [0, 0.05) is 24.2 Å². The highest BCUT2D eigenvalue weighted by Gasteiger charge is 2.48. The van der Waals surface area contributed by atoms with E-state index in [1.165, 1.54) is 6.07 Å². The van der Waals surface area contributed by atoms with Gasteiger partial charge in [0.2, 0.25) is 10.0 Å². The van der Waals surface area contributed by atoms with Gasteiger partial charge in [-0.2, -0.15) is 0 Å². The fourth-order valence-corrected chi connectivity index (χ4v) is 5.57. The largest absolute Gasteiger partial charge is 0.380 e. The molecule has 1 heterocycles. The van der Waals surface area contributed by atoms with Crippen molar-refractivity contribution in [2.45, 2.75) is 36.3 Å². The highest BCUT2D eigenvalue weighted by Crippen LogP contribution is 2.39. The molecule has 0 amide bonds. The van der Waals surface area contributed by atoms with E-state index < -0.39 is 10.0 Å². The quantitative estimate of drug-likeness (QED) is 0.856. The molecule has 1 saturated carbocycles. The first kappa shape index (κ1) is 16.2. The fourth-order valence-electron chi connectivity index (χ4n) is 3.67. The maximum absolute atomic E-state index is 12.8. The Labute approximate surface area is 136 Å². The van der Waals surface area contributed by atoms with Gasteiger partial charge in [-0.05, 0) is 49.1 Å². The number of ether oxygens (including phenoxy) is 1. The summed E-state index contributed by atoms with van der Waals surface area (Å²) in [5.74, 6) is 0.375. The fraction of sp³-hybridized carbons (Fsp3) is 0.600. The lowest BCUT2D eigenvalue weighted by molar-refractivity contribution is 0.184. The van der Waals surface area contributed by atoms with Crippen LogP contribution in [-0.2, 0) is 21.4 Å². The monoisotopic (exact) mass is 344 g/mol. The number of methoxy groups -OCH3 is 1. The number of sulfonamides is 1. The Bertz CT molecular complexity index is 653. The zero-order valence-corrected chi connectivity index (χ0v) is 14.1. The predicted octanol–water partition coefficient (Wildman–Crippen LogP) is 1.91. The van der Waals surface area contributed by atoms with E-state index in [0.717, 1.165) is 31.4 Å². The smallest absolute Gasteiger partial charge is 0.241 e. The third-order valence-corrected chi connectivity index (χ3v) is 6.43. The third-order valence-electron chi connectivity index (χ3n) is 4.68. The third kappa shape index (κ3) is 3.03. The molecule has 5 nitrogen and oxygen atoms in total. The van der Waals surface area contributed by atoms with Gasteiger partial charge < -0.3 is 10.1 Å². The molecule has 2 atom stereocenters. The van der Waals surface area contributed by atoms with Gasteiger partial charge >= 0.3 is 0 Å². The van der Waals surface area contributed by atoms with Crippen LogP contribution in [0, 0.1) is 5.92 Å². The topological polar surface area (TPSA) is 67.4 Å². The molecule has 22 heavy (non-hydrogen) atoms. The molecular weight excluding hydrogens is 324 g/mol. The second-order valence-corrected chi connectivity index (χ2v) is 8.33. The number of hydrogen-bond donors (Lipinski definition) is 2. The van der Waals surface area contributed by atoms with Gasteiger partial charge in [0.25, 0.3) is 0 Å². The molecule has 0 aromatic heterocycles. The minimum Gasteiger partial charge on any atom is -0.380 e. The summed E-state index contributed by atoms with van der Waals surface area (Å²) < 4.78 is 33.6. The van der Waals surface area contributed by atoms with Gasteiger partial charge in [-0.3, -0.25) is 0 Å². The van der Waals surface area contributed by atoms with E-state index in [9.17, 15) is 8.42 Å². The number of rotatable bonds is 5. The average Bonchev–Trinajstić information content (AvgIpc) is 2.96. The summed E-state index contributed by atoms with van der Waals surface area (Å²) in [6, 6.07) is 4.84. The van der Waals surface area contributed by atoms with Crippen LogP contribution in [0.3, 0.4) is 0 Å². The predicted molar refractivity (Wildman–Crippen MR) is 85.4 cm³/mol. The molecule has 0 radical (unpaired) electrons. The molecule has 1 aliphatic carbocycles. The van der Waals surface area contributed by atoms with Crippen LogP contribution in [-0.4, -0.2) is 34.2 Å². The highest BCUT2D eigenvalue weighted by atomic mass is 35.5. The van der Waals surface area contributed by atoms with Crippen LogP contribution in [0.5, 0.6) is 0 Å². The molecule has 122 valence electrons. The summed E-state index contributed by atoms with van der Waals surface area (Å²) in [5, 5.41) is 3.71. The van der Waals surface area contributed by atoms with Gasteiger partial charge in [-0.15, -0.1) is 0 Å². The van der Waals surface area contributed by atoms with Crippen molar-refractivity contribution < 1.29 is 13.2 Å². The van der Waals surface area contributed by atoms with E-state index in [4.69, 9.17) is 16.3 Å². The Morgan fingerprint density at radius 1 is 1.45 bits per heavy atom. The van der Waals surface area contributed by atoms with Crippen LogP contribution in [0.25, 0.3) is 0 Å². The Morgan fingerprint density at radius 2 is 2.27 bits per heavy atom. The van der Waals surface area contributed by atoms with E-state index in [-0.39, 0.29) is 10.4 Å². The summed E-state index contributed by atoms with van der Waals surface area (Å²) in [7, 11) is -2.03. The Hall–Kier alpha value is -0.660. The van der Waals surface area contributed by atoms with Crippen molar-refractivity contribution in [2.75, 3.05) is 20.2 Å². The summed E-state index contributed by atoms with van der Waals surface area (Å²) in [6.45, 7) is 1.91. The van der Waals surface area contributed by atoms with Crippen molar-refractivity contribution in [1.29, 1.82) is 0 Å². The molecule has 1 aromatic rings. The number of hydrogen-bond acceptors (Lipinski definition) is 4. The van der Waals surface area contributed by atoms with Crippen LogP contribution in [0.2, 0.25) is 5.02 Å². The Morgan fingerprint density at radius 3 is 3.05 bits per heavy atom. The summed E-state index contributed by atoms with van der Waals surface area (Å²) in [4.78, 5) is 0.207. The summed E-state index contributed by atoms with van der Waals surface area (Å²) in [6.07, 6.45) is 3.02. The van der Waals surface area contributed by atoms with Crippen molar-refractivity contribution in [3.63, 3.8) is 0 Å². The molecule has 0 spiro atoms. The highest BCUT2D eigenvalue weighted by molar-refractivity contribution is 7.89. The molecule has 7 heteroatoms. The van der Waals surface area contributed by atoms with E-state index in [2.05, 4.69) is 10.0 Å². The van der Waals surface area contributed by atoms with Crippen molar-refractivity contribution in [1.82, 2.24) is 10.0 Å². The lowest BCUT2D eigenvalue weighted by Gasteiger charge is -2.29. The molecule has 2 N–H and O–H groups in total. The maximum atomic E-state index is 12.8. The molecule has 3 rings (SSSR count). The maximum Gasteiger partial charge on any atom is 0.241 e. The summed E-state index contributed by atoms with van der Waals surface area (Å²) >= 11 is 6.06. The Kier molecular flexibility index (Phi) is 4.49.